The number of amides is 1. The maximum absolute atomic E-state index is 12.6. The van der Waals surface area contributed by atoms with E-state index in [0.29, 0.717) is 20.5 Å². The number of hydrogen-bond donors (Lipinski definition) is 0. The Kier molecular flexibility index (Phi) is 4.86. The standard InChI is InChI=1S/C16H10F2N2O2S2/c17-15(18)22-12-6-2-1-4-10(12)8-13-14(21)20(16(23)24-13)11-5-3-7-19-9-11/h1-9,15H/b13-8-. The average Bonchev–Trinajstić information content (AvgIpc) is 2.83. The maximum Gasteiger partial charge on any atom is 0.387 e. The van der Waals surface area contributed by atoms with E-state index in [1.54, 1.807) is 36.5 Å². The molecule has 1 fully saturated rings. The van der Waals surface area contributed by atoms with E-state index in [9.17, 15) is 13.6 Å². The lowest BCUT2D eigenvalue weighted by Gasteiger charge is -2.13. The van der Waals surface area contributed by atoms with Crippen molar-refractivity contribution >= 4 is 46.0 Å². The predicted octanol–water partition coefficient (Wildman–Crippen LogP) is 4.09. The Balaban J connectivity index is 1.93. The Bertz CT molecular complexity index is 813. The molecule has 8 heteroatoms. The summed E-state index contributed by atoms with van der Waals surface area (Å²) in [5.41, 5.74) is 0.935. The molecule has 0 saturated carbocycles. The molecule has 0 atom stereocenters. The number of carbonyl (C=O) groups is 1. The smallest absolute Gasteiger partial charge is 0.387 e. The van der Waals surface area contributed by atoms with Crippen molar-refractivity contribution in [3.8, 4) is 5.75 Å². The Morgan fingerprint density at radius 2 is 2.04 bits per heavy atom. The van der Waals surface area contributed by atoms with Crippen LogP contribution < -0.4 is 9.64 Å². The first kappa shape index (κ1) is 16.5. The maximum atomic E-state index is 12.6. The van der Waals surface area contributed by atoms with Gasteiger partial charge in [-0.1, -0.05) is 42.2 Å². The van der Waals surface area contributed by atoms with Crippen LogP contribution in [0.4, 0.5) is 14.5 Å². The summed E-state index contributed by atoms with van der Waals surface area (Å²) in [5.74, 6) is -0.330. The number of thiocarbonyl (C=S) groups is 1. The highest BCUT2D eigenvalue weighted by atomic mass is 32.2. The van der Waals surface area contributed by atoms with Gasteiger partial charge in [0.25, 0.3) is 5.91 Å². The summed E-state index contributed by atoms with van der Waals surface area (Å²) in [5, 5.41) is 0. The number of benzene rings is 1. The number of rotatable bonds is 4. The van der Waals surface area contributed by atoms with Crippen LogP contribution in [0, 0.1) is 0 Å². The van der Waals surface area contributed by atoms with Crippen molar-refractivity contribution in [3.63, 3.8) is 0 Å². The number of hydrogen-bond acceptors (Lipinski definition) is 5. The Labute approximate surface area is 146 Å². The summed E-state index contributed by atoms with van der Waals surface area (Å²) in [7, 11) is 0. The van der Waals surface area contributed by atoms with Gasteiger partial charge >= 0.3 is 6.61 Å². The molecule has 0 bridgehead atoms. The second kappa shape index (κ2) is 7.06. The summed E-state index contributed by atoms with van der Waals surface area (Å²) >= 11 is 6.34. The SMILES string of the molecule is O=C1/C(=C/c2ccccc2OC(F)F)SC(=S)N1c1cccnc1. The van der Waals surface area contributed by atoms with Crippen LogP contribution >= 0.6 is 24.0 Å². The number of thioether (sulfide) groups is 1. The Morgan fingerprint density at radius 3 is 2.75 bits per heavy atom. The minimum atomic E-state index is -2.94. The van der Waals surface area contributed by atoms with Gasteiger partial charge in [-0.15, -0.1) is 0 Å². The summed E-state index contributed by atoms with van der Waals surface area (Å²) in [6, 6.07) is 9.67. The van der Waals surface area contributed by atoms with Crippen molar-refractivity contribution in [2.45, 2.75) is 6.61 Å². The first-order chi connectivity index (χ1) is 11.6. The number of alkyl halides is 2. The van der Waals surface area contributed by atoms with Gasteiger partial charge in [0.15, 0.2) is 4.32 Å². The lowest BCUT2D eigenvalue weighted by atomic mass is 10.2. The van der Waals surface area contributed by atoms with Crippen LogP contribution in [-0.4, -0.2) is 21.8 Å². The molecule has 0 radical (unpaired) electrons. The number of carbonyl (C=O) groups excluding carboxylic acids is 1. The van der Waals surface area contributed by atoms with Crippen molar-refractivity contribution < 1.29 is 18.3 Å². The van der Waals surface area contributed by atoms with Gasteiger partial charge in [0.05, 0.1) is 16.8 Å². The number of para-hydroxylation sites is 1. The normalized spacial score (nSPS) is 16.3. The fourth-order valence-electron chi connectivity index (χ4n) is 2.12. The Morgan fingerprint density at radius 1 is 1.25 bits per heavy atom. The van der Waals surface area contributed by atoms with E-state index in [2.05, 4.69) is 9.72 Å². The summed E-state index contributed by atoms with van der Waals surface area (Å²) < 4.78 is 29.8. The zero-order chi connectivity index (χ0) is 17.1. The first-order valence-electron chi connectivity index (χ1n) is 6.78. The monoisotopic (exact) mass is 364 g/mol. The number of nitrogens with zero attached hydrogens (tertiary/aromatic N) is 2. The number of ether oxygens (including phenoxy) is 1. The largest absolute Gasteiger partial charge is 0.434 e. The summed E-state index contributed by atoms with van der Waals surface area (Å²) in [6.07, 6.45) is 4.61. The van der Waals surface area contributed by atoms with Gasteiger partial charge in [-0.05, 0) is 24.3 Å². The van der Waals surface area contributed by atoms with Gasteiger partial charge in [0, 0.05) is 11.8 Å². The molecule has 1 saturated heterocycles. The Hall–Kier alpha value is -2.32. The third kappa shape index (κ3) is 3.44. The molecule has 1 aromatic heterocycles. The molecule has 4 nitrogen and oxygen atoms in total. The molecule has 2 aromatic rings. The molecule has 1 aromatic carbocycles. The number of aromatic nitrogens is 1. The van der Waals surface area contributed by atoms with Gasteiger partial charge in [0.2, 0.25) is 0 Å². The van der Waals surface area contributed by atoms with Crippen LogP contribution in [0.15, 0.2) is 53.7 Å². The third-order valence-corrected chi connectivity index (χ3v) is 4.42. The molecular formula is C16H10F2N2O2S2. The van der Waals surface area contributed by atoms with E-state index in [0.717, 1.165) is 11.8 Å². The number of anilines is 1. The molecule has 1 amide bonds. The van der Waals surface area contributed by atoms with Crippen molar-refractivity contribution in [2.75, 3.05) is 4.90 Å². The molecule has 0 spiro atoms. The van der Waals surface area contributed by atoms with E-state index in [-0.39, 0.29) is 11.7 Å². The third-order valence-electron chi connectivity index (χ3n) is 3.12. The van der Waals surface area contributed by atoms with Crippen LogP contribution in [0.2, 0.25) is 0 Å². The van der Waals surface area contributed by atoms with Gasteiger partial charge < -0.3 is 4.74 Å². The molecule has 0 unspecified atom stereocenters. The van der Waals surface area contributed by atoms with Gasteiger partial charge in [-0.3, -0.25) is 14.7 Å². The molecule has 1 aliphatic heterocycles. The summed E-state index contributed by atoms with van der Waals surface area (Å²) in [4.78, 5) is 18.2. The van der Waals surface area contributed by atoms with Gasteiger partial charge in [-0.2, -0.15) is 8.78 Å². The molecule has 122 valence electrons. The van der Waals surface area contributed by atoms with Gasteiger partial charge in [0.1, 0.15) is 5.75 Å². The van der Waals surface area contributed by atoms with Crippen molar-refractivity contribution in [1.29, 1.82) is 0 Å². The van der Waals surface area contributed by atoms with Crippen LogP contribution in [0.1, 0.15) is 5.56 Å². The van der Waals surface area contributed by atoms with Crippen molar-refractivity contribution in [1.82, 2.24) is 4.98 Å². The van der Waals surface area contributed by atoms with E-state index in [1.165, 1.54) is 23.2 Å². The van der Waals surface area contributed by atoms with E-state index in [1.807, 2.05) is 0 Å². The van der Waals surface area contributed by atoms with Crippen molar-refractivity contribution in [2.24, 2.45) is 0 Å². The molecule has 3 rings (SSSR count). The highest BCUT2D eigenvalue weighted by Crippen LogP contribution is 2.36. The fraction of sp³-hybridized carbons (Fsp3) is 0.0625. The lowest BCUT2D eigenvalue weighted by molar-refractivity contribution is -0.113. The van der Waals surface area contributed by atoms with Gasteiger partial charge in [-0.25, -0.2) is 0 Å². The fourth-order valence-corrected chi connectivity index (χ4v) is 3.41. The van der Waals surface area contributed by atoms with Crippen LogP contribution in [0.25, 0.3) is 6.08 Å². The molecule has 0 aliphatic carbocycles. The van der Waals surface area contributed by atoms with Crippen molar-refractivity contribution in [3.05, 3.63) is 59.3 Å². The minimum absolute atomic E-state index is 0.000791. The first-order valence-corrected chi connectivity index (χ1v) is 8.00. The quantitative estimate of drug-likeness (QED) is 0.604. The molecule has 0 N–H and O–H groups in total. The second-order valence-corrected chi connectivity index (χ2v) is 6.32. The molecule has 24 heavy (non-hydrogen) atoms. The zero-order valence-corrected chi connectivity index (χ0v) is 13.7. The number of halogens is 2. The highest BCUT2D eigenvalue weighted by molar-refractivity contribution is 8.27. The average molecular weight is 364 g/mol. The molecular weight excluding hydrogens is 354 g/mol. The van der Waals surface area contributed by atoms with E-state index >= 15 is 0 Å². The number of pyridine rings is 1. The van der Waals surface area contributed by atoms with E-state index < -0.39 is 6.61 Å². The second-order valence-electron chi connectivity index (χ2n) is 4.64. The topological polar surface area (TPSA) is 42.4 Å². The molecule has 2 heterocycles. The zero-order valence-electron chi connectivity index (χ0n) is 12.1. The predicted molar refractivity (Wildman–Crippen MR) is 93.0 cm³/mol. The molecule has 1 aliphatic rings. The van der Waals surface area contributed by atoms with Crippen LogP contribution in [0.3, 0.4) is 0 Å². The van der Waals surface area contributed by atoms with Crippen LogP contribution in [-0.2, 0) is 4.79 Å². The summed E-state index contributed by atoms with van der Waals surface area (Å²) in [6.45, 7) is -2.94. The van der Waals surface area contributed by atoms with E-state index in [4.69, 9.17) is 12.2 Å². The lowest BCUT2D eigenvalue weighted by Crippen LogP contribution is -2.27. The van der Waals surface area contributed by atoms with Crippen LogP contribution in [0.5, 0.6) is 5.75 Å². The highest BCUT2D eigenvalue weighted by Gasteiger charge is 2.33. The minimum Gasteiger partial charge on any atom is -0.434 e.